The first kappa shape index (κ1) is 24.9. The highest BCUT2D eigenvalue weighted by atomic mass is 32.2. The summed E-state index contributed by atoms with van der Waals surface area (Å²) in [6, 6.07) is 31.2. The van der Waals surface area contributed by atoms with Gasteiger partial charge in [-0.15, -0.1) is 0 Å². The summed E-state index contributed by atoms with van der Waals surface area (Å²) >= 11 is 1.53. The highest BCUT2D eigenvalue weighted by Crippen LogP contribution is 2.46. The second-order valence-electron chi connectivity index (χ2n) is 9.04. The van der Waals surface area contributed by atoms with Crippen LogP contribution in [0.15, 0.2) is 102 Å². The maximum Gasteiger partial charge on any atom is 0.294 e. The van der Waals surface area contributed by atoms with Crippen LogP contribution in [0.1, 0.15) is 16.7 Å². The summed E-state index contributed by atoms with van der Waals surface area (Å²) in [5.41, 5.74) is 8.13. The average molecular weight is 527 g/mol. The Labute approximate surface area is 221 Å². The minimum Gasteiger partial charge on any atom is -0.300 e. The van der Waals surface area contributed by atoms with Crippen molar-refractivity contribution in [1.82, 2.24) is 4.98 Å². The largest absolute Gasteiger partial charge is 0.300 e. The lowest BCUT2D eigenvalue weighted by Gasteiger charge is -2.25. The average Bonchev–Trinajstić information content (AvgIpc) is 3.31. The van der Waals surface area contributed by atoms with E-state index in [9.17, 15) is 13.0 Å². The standard InChI is InChI=1S/C30H26N2O3S2/c1-20-4-10-23(11-5-20)28-30(36-29(31-28)24-12-18-27(19-13-24)37(33,34)35)32(25-14-6-21(2)7-15-25)26-16-8-22(3)9-17-26/h4-19H,1-3H3,(H,33,34,35). The third-order valence-electron chi connectivity index (χ3n) is 6.12. The fourth-order valence-electron chi connectivity index (χ4n) is 4.03. The Bertz CT molecular complexity index is 1590. The molecule has 4 aromatic carbocycles. The van der Waals surface area contributed by atoms with E-state index in [1.54, 1.807) is 12.1 Å². The van der Waals surface area contributed by atoms with Crippen molar-refractivity contribution in [2.75, 3.05) is 4.90 Å². The van der Waals surface area contributed by atoms with Crippen LogP contribution in [0.25, 0.3) is 21.8 Å². The van der Waals surface area contributed by atoms with E-state index in [4.69, 9.17) is 4.98 Å². The molecule has 5 nitrogen and oxygen atoms in total. The Morgan fingerprint density at radius 1 is 0.649 bits per heavy atom. The lowest BCUT2D eigenvalue weighted by molar-refractivity contribution is 0.483. The van der Waals surface area contributed by atoms with Gasteiger partial charge < -0.3 is 4.90 Å². The monoisotopic (exact) mass is 526 g/mol. The second-order valence-corrected chi connectivity index (χ2v) is 11.4. The van der Waals surface area contributed by atoms with Crippen molar-refractivity contribution in [1.29, 1.82) is 0 Å². The van der Waals surface area contributed by atoms with Crippen LogP contribution >= 0.6 is 11.3 Å². The first-order valence-electron chi connectivity index (χ1n) is 11.8. The van der Waals surface area contributed by atoms with E-state index in [1.807, 2.05) is 0 Å². The van der Waals surface area contributed by atoms with Crippen LogP contribution in [-0.4, -0.2) is 18.0 Å². The SMILES string of the molecule is Cc1ccc(-c2nc(-c3ccc(S(=O)(=O)O)cc3)sc2N(c2ccc(C)cc2)c2ccc(C)cc2)cc1. The number of aromatic nitrogens is 1. The molecular formula is C30H26N2O3S2. The molecule has 0 spiro atoms. The van der Waals surface area contributed by atoms with Crippen molar-refractivity contribution in [3.05, 3.63) is 114 Å². The Hall–Kier alpha value is -3.78. The van der Waals surface area contributed by atoms with E-state index >= 15 is 0 Å². The molecule has 5 rings (SSSR count). The van der Waals surface area contributed by atoms with Gasteiger partial charge in [0.2, 0.25) is 0 Å². The van der Waals surface area contributed by atoms with E-state index < -0.39 is 10.1 Å². The van der Waals surface area contributed by atoms with E-state index in [-0.39, 0.29) is 4.90 Å². The number of hydrogen-bond donors (Lipinski definition) is 1. The maximum absolute atomic E-state index is 11.5. The molecule has 1 N–H and O–H groups in total. The van der Waals surface area contributed by atoms with E-state index in [0.29, 0.717) is 0 Å². The predicted molar refractivity (Wildman–Crippen MR) is 152 cm³/mol. The molecule has 0 aliphatic rings. The van der Waals surface area contributed by atoms with Crippen molar-refractivity contribution >= 4 is 37.8 Å². The van der Waals surface area contributed by atoms with Gasteiger partial charge >= 0.3 is 0 Å². The third-order valence-corrected chi connectivity index (χ3v) is 8.08. The van der Waals surface area contributed by atoms with Gasteiger partial charge in [0.15, 0.2) is 0 Å². The molecule has 7 heteroatoms. The van der Waals surface area contributed by atoms with Gasteiger partial charge in [-0.05, 0) is 57.2 Å². The topological polar surface area (TPSA) is 70.5 Å². The summed E-state index contributed by atoms with van der Waals surface area (Å²) in [7, 11) is -4.27. The van der Waals surface area contributed by atoms with Crippen molar-refractivity contribution in [3.63, 3.8) is 0 Å². The van der Waals surface area contributed by atoms with E-state index in [2.05, 4.69) is 98.5 Å². The summed E-state index contributed by atoms with van der Waals surface area (Å²) in [5.74, 6) is 0. The van der Waals surface area contributed by atoms with Gasteiger partial charge in [-0.25, -0.2) is 4.98 Å². The Morgan fingerprint density at radius 2 is 1.08 bits per heavy atom. The molecule has 0 unspecified atom stereocenters. The molecule has 0 amide bonds. The molecule has 0 aliphatic heterocycles. The molecule has 1 heterocycles. The Kier molecular flexibility index (Phi) is 6.69. The molecule has 186 valence electrons. The van der Waals surface area contributed by atoms with Gasteiger partial charge in [0.1, 0.15) is 15.7 Å². The molecule has 0 aliphatic carbocycles. The second kappa shape index (κ2) is 9.94. The van der Waals surface area contributed by atoms with Crippen LogP contribution in [0.2, 0.25) is 0 Å². The van der Waals surface area contributed by atoms with Gasteiger partial charge in [0.25, 0.3) is 10.1 Å². The smallest absolute Gasteiger partial charge is 0.294 e. The van der Waals surface area contributed by atoms with Gasteiger partial charge in [-0.2, -0.15) is 8.42 Å². The van der Waals surface area contributed by atoms with Crippen molar-refractivity contribution < 1.29 is 13.0 Å². The molecule has 0 radical (unpaired) electrons. The maximum atomic E-state index is 11.5. The Morgan fingerprint density at radius 3 is 1.54 bits per heavy atom. The van der Waals surface area contributed by atoms with E-state index in [0.717, 1.165) is 43.8 Å². The summed E-state index contributed by atoms with van der Waals surface area (Å²) in [4.78, 5) is 7.11. The zero-order valence-electron chi connectivity index (χ0n) is 20.7. The predicted octanol–water partition coefficient (Wildman–Crippen LogP) is 8.12. The molecule has 37 heavy (non-hydrogen) atoms. The quantitative estimate of drug-likeness (QED) is 0.226. The van der Waals surface area contributed by atoms with Crippen molar-refractivity contribution in [2.24, 2.45) is 0 Å². The summed E-state index contributed by atoms with van der Waals surface area (Å²) in [6.45, 7) is 6.19. The highest BCUT2D eigenvalue weighted by molar-refractivity contribution is 7.85. The van der Waals surface area contributed by atoms with Gasteiger partial charge in [-0.3, -0.25) is 4.55 Å². The van der Waals surface area contributed by atoms with Crippen LogP contribution in [0.5, 0.6) is 0 Å². The van der Waals surface area contributed by atoms with Crippen molar-refractivity contribution in [3.8, 4) is 21.8 Å². The number of hydrogen-bond acceptors (Lipinski definition) is 5. The summed E-state index contributed by atoms with van der Waals surface area (Å²) < 4.78 is 32.5. The zero-order valence-corrected chi connectivity index (χ0v) is 22.3. The minimum absolute atomic E-state index is 0.146. The van der Waals surface area contributed by atoms with Crippen LogP contribution < -0.4 is 4.90 Å². The fourth-order valence-corrected chi connectivity index (χ4v) is 5.64. The number of rotatable bonds is 6. The number of aryl methyl sites for hydroxylation is 3. The minimum atomic E-state index is -4.27. The molecule has 1 aromatic heterocycles. The number of thiazole rings is 1. The van der Waals surface area contributed by atoms with Gasteiger partial charge in [-0.1, -0.05) is 88.7 Å². The highest BCUT2D eigenvalue weighted by Gasteiger charge is 2.23. The molecule has 5 aromatic rings. The Balaban J connectivity index is 1.72. The van der Waals surface area contributed by atoms with Gasteiger partial charge in [0, 0.05) is 22.5 Å². The van der Waals surface area contributed by atoms with Crippen LogP contribution in [0.3, 0.4) is 0 Å². The molecule has 0 saturated heterocycles. The van der Waals surface area contributed by atoms with Crippen LogP contribution in [-0.2, 0) is 10.1 Å². The first-order chi connectivity index (χ1) is 17.7. The molecule has 0 bridgehead atoms. The number of nitrogens with zero attached hydrogens (tertiary/aromatic N) is 2. The summed E-state index contributed by atoms with van der Waals surface area (Å²) in [6.07, 6.45) is 0. The molecule has 0 atom stereocenters. The lowest BCUT2D eigenvalue weighted by Crippen LogP contribution is -2.09. The fraction of sp³-hybridized carbons (Fsp3) is 0.100. The molecule has 0 fully saturated rings. The normalized spacial score (nSPS) is 11.5. The van der Waals surface area contributed by atoms with E-state index in [1.165, 1.54) is 34.6 Å². The van der Waals surface area contributed by atoms with Crippen molar-refractivity contribution in [2.45, 2.75) is 25.7 Å². The third kappa shape index (κ3) is 5.34. The number of anilines is 3. The van der Waals surface area contributed by atoms with Crippen LogP contribution in [0, 0.1) is 20.8 Å². The van der Waals surface area contributed by atoms with Gasteiger partial charge in [0.05, 0.1) is 4.90 Å². The van der Waals surface area contributed by atoms with Crippen LogP contribution in [0.4, 0.5) is 16.4 Å². The first-order valence-corrected chi connectivity index (χ1v) is 14.0. The summed E-state index contributed by atoms with van der Waals surface area (Å²) in [5, 5.41) is 1.70. The molecule has 0 saturated carbocycles. The number of benzene rings is 4. The zero-order chi connectivity index (χ0) is 26.2. The lowest BCUT2D eigenvalue weighted by atomic mass is 10.1. The molecular weight excluding hydrogens is 500 g/mol.